The minimum Gasteiger partial charge on any atom is -0.493 e. The first kappa shape index (κ1) is 27.4. The molecule has 0 saturated heterocycles. The van der Waals surface area contributed by atoms with E-state index in [0.29, 0.717) is 38.3 Å². The Bertz CT molecular complexity index is 1300. The normalized spacial score (nSPS) is 13.8. The van der Waals surface area contributed by atoms with Gasteiger partial charge in [0.2, 0.25) is 5.91 Å². The van der Waals surface area contributed by atoms with Gasteiger partial charge < -0.3 is 19.5 Å². The first-order valence-corrected chi connectivity index (χ1v) is 13.3. The van der Waals surface area contributed by atoms with E-state index in [1.807, 2.05) is 0 Å². The van der Waals surface area contributed by atoms with Gasteiger partial charge >= 0.3 is 5.97 Å². The van der Waals surface area contributed by atoms with Crippen molar-refractivity contribution in [3.8, 4) is 11.5 Å². The Balaban J connectivity index is 1.34. The van der Waals surface area contributed by atoms with Crippen LogP contribution in [0.2, 0.25) is 0 Å². The Morgan fingerprint density at radius 1 is 1.05 bits per heavy atom. The lowest BCUT2D eigenvalue weighted by Gasteiger charge is -2.21. The van der Waals surface area contributed by atoms with Crippen molar-refractivity contribution < 1.29 is 28.2 Å². The summed E-state index contributed by atoms with van der Waals surface area (Å²) < 4.78 is 31.4. The summed E-state index contributed by atoms with van der Waals surface area (Å²) in [5.41, 5.74) is 2.14. The van der Waals surface area contributed by atoms with Gasteiger partial charge in [-0.05, 0) is 95.7 Å². The number of amides is 1. The van der Waals surface area contributed by atoms with Crippen LogP contribution in [0, 0.1) is 5.82 Å². The number of rotatable bonds is 9. The van der Waals surface area contributed by atoms with Crippen molar-refractivity contribution in [2.75, 3.05) is 12.4 Å². The average molecular weight is 582 g/mol. The fourth-order valence-electron chi connectivity index (χ4n) is 4.19. The zero-order valence-corrected chi connectivity index (χ0v) is 22.6. The number of nitrogens with one attached hydrogen (secondary N) is 1. The van der Waals surface area contributed by atoms with Gasteiger partial charge in [-0.15, -0.1) is 0 Å². The minimum atomic E-state index is -0.345. The third-order valence-corrected chi connectivity index (χ3v) is 6.81. The predicted molar refractivity (Wildman–Crippen MR) is 148 cm³/mol. The fourth-order valence-corrected chi connectivity index (χ4v) is 4.76. The van der Waals surface area contributed by atoms with Gasteiger partial charge in [-0.3, -0.25) is 4.79 Å². The van der Waals surface area contributed by atoms with Crippen LogP contribution < -0.4 is 14.8 Å². The van der Waals surface area contributed by atoms with Crippen LogP contribution in [-0.2, 0) is 16.1 Å². The Kier molecular flexibility index (Phi) is 9.54. The SMILES string of the molecule is COc1cc(/C=C/C(=O)Nc2ccc(C(=O)OC3CCCCC3)cc2)cc(Br)c1OCc1ccccc1F. The molecule has 38 heavy (non-hydrogen) atoms. The van der Waals surface area contributed by atoms with Gasteiger partial charge in [-0.25, -0.2) is 9.18 Å². The summed E-state index contributed by atoms with van der Waals surface area (Å²) >= 11 is 3.47. The zero-order valence-electron chi connectivity index (χ0n) is 21.0. The van der Waals surface area contributed by atoms with Crippen LogP contribution in [0.15, 0.2) is 71.2 Å². The molecule has 0 atom stereocenters. The van der Waals surface area contributed by atoms with Crippen LogP contribution >= 0.6 is 15.9 Å². The van der Waals surface area contributed by atoms with E-state index in [1.54, 1.807) is 60.7 Å². The molecule has 0 unspecified atom stereocenters. The van der Waals surface area contributed by atoms with Crippen LogP contribution in [0.5, 0.6) is 11.5 Å². The maximum absolute atomic E-state index is 13.9. The second kappa shape index (κ2) is 13.2. The Hall–Kier alpha value is -3.65. The van der Waals surface area contributed by atoms with Crippen molar-refractivity contribution in [2.24, 2.45) is 0 Å². The molecule has 1 fully saturated rings. The number of carbonyl (C=O) groups excluding carboxylic acids is 2. The molecule has 0 heterocycles. The molecule has 3 aromatic carbocycles. The standard InChI is InChI=1S/C30H29BrFNO5/c1-36-27-18-20(17-25(31)29(27)37-19-22-7-5-6-10-26(22)32)11-16-28(34)33-23-14-12-21(13-15-23)30(35)38-24-8-3-2-4-9-24/h5-7,10-18,24H,2-4,8-9,19H2,1H3,(H,33,34)/b16-11+. The second-order valence-corrected chi connectivity index (χ2v) is 9.83. The number of ether oxygens (including phenoxy) is 3. The highest BCUT2D eigenvalue weighted by Gasteiger charge is 2.19. The van der Waals surface area contributed by atoms with Crippen molar-refractivity contribution in [1.29, 1.82) is 0 Å². The van der Waals surface area contributed by atoms with Crippen LogP contribution in [-0.4, -0.2) is 25.1 Å². The predicted octanol–water partition coefficient (Wildman–Crippen LogP) is 7.32. The van der Waals surface area contributed by atoms with E-state index in [1.165, 1.54) is 25.7 Å². The molecule has 1 amide bonds. The molecule has 1 saturated carbocycles. The first-order valence-electron chi connectivity index (χ1n) is 12.5. The highest BCUT2D eigenvalue weighted by Crippen LogP contribution is 2.37. The molecule has 3 aromatic rings. The molecule has 4 rings (SSSR count). The Morgan fingerprint density at radius 3 is 2.50 bits per heavy atom. The molecule has 0 spiro atoms. The van der Waals surface area contributed by atoms with Gasteiger partial charge in [0.25, 0.3) is 0 Å². The molecule has 0 radical (unpaired) electrons. The second-order valence-electron chi connectivity index (χ2n) is 8.98. The molecule has 0 bridgehead atoms. The number of hydrogen-bond donors (Lipinski definition) is 1. The molecule has 1 aliphatic carbocycles. The largest absolute Gasteiger partial charge is 0.493 e. The third-order valence-electron chi connectivity index (χ3n) is 6.22. The Morgan fingerprint density at radius 2 is 1.79 bits per heavy atom. The summed E-state index contributed by atoms with van der Waals surface area (Å²) in [6.45, 7) is 0.0380. The molecular weight excluding hydrogens is 553 g/mol. The zero-order chi connectivity index (χ0) is 26.9. The smallest absolute Gasteiger partial charge is 0.338 e. The molecule has 1 aliphatic rings. The van der Waals surface area contributed by atoms with Crippen molar-refractivity contribution in [3.63, 3.8) is 0 Å². The number of esters is 1. The van der Waals surface area contributed by atoms with Gasteiger partial charge in [0.15, 0.2) is 11.5 Å². The fraction of sp³-hybridized carbons (Fsp3) is 0.267. The maximum Gasteiger partial charge on any atom is 0.338 e. The highest BCUT2D eigenvalue weighted by molar-refractivity contribution is 9.10. The summed E-state index contributed by atoms with van der Waals surface area (Å²) in [6, 6.07) is 16.5. The highest BCUT2D eigenvalue weighted by atomic mass is 79.9. The number of halogens is 2. The van der Waals surface area contributed by atoms with E-state index in [2.05, 4.69) is 21.2 Å². The van der Waals surface area contributed by atoms with E-state index < -0.39 is 0 Å². The number of hydrogen-bond acceptors (Lipinski definition) is 5. The van der Waals surface area contributed by atoms with E-state index in [9.17, 15) is 14.0 Å². The molecular formula is C30H29BrFNO5. The lowest BCUT2D eigenvalue weighted by Crippen LogP contribution is -2.20. The minimum absolute atomic E-state index is 0.00749. The van der Waals surface area contributed by atoms with Gasteiger partial charge in [0.05, 0.1) is 17.1 Å². The molecule has 0 aliphatic heterocycles. The quantitative estimate of drug-likeness (QED) is 0.212. The van der Waals surface area contributed by atoms with Crippen molar-refractivity contribution in [1.82, 2.24) is 0 Å². The first-order chi connectivity index (χ1) is 18.4. The Labute approximate surface area is 229 Å². The van der Waals surface area contributed by atoms with E-state index in [0.717, 1.165) is 25.7 Å². The van der Waals surface area contributed by atoms with Crippen molar-refractivity contribution >= 4 is 39.6 Å². The van der Waals surface area contributed by atoms with E-state index >= 15 is 0 Å². The molecule has 8 heteroatoms. The molecule has 0 aromatic heterocycles. The summed E-state index contributed by atoms with van der Waals surface area (Å²) in [5.74, 6) is -0.152. The molecule has 6 nitrogen and oxygen atoms in total. The van der Waals surface area contributed by atoms with Crippen LogP contribution in [0.4, 0.5) is 10.1 Å². The molecule has 1 N–H and O–H groups in total. The number of anilines is 1. The van der Waals surface area contributed by atoms with Crippen LogP contribution in [0.25, 0.3) is 6.08 Å². The van der Waals surface area contributed by atoms with Crippen LogP contribution in [0.1, 0.15) is 53.6 Å². The lowest BCUT2D eigenvalue weighted by molar-refractivity contribution is -0.111. The van der Waals surface area contributed by atoms with Gasteiger partial charge in [-0.2, -0.15) is 0 Å². The maximum atomic E-state index is 13.9. The summed E-state index contributed by atoms with van der Waals surface area (Å²) in [6.07, 6.45) is 8.23. The van der Waals surface area contributed by atoms with E-state index in [-0.39, 0.29) is 30.4 Å². The summed E-state index contributed by atoms with van der Waals surface area (Å²) in [5, 5.41) is 2.78. The van der Waals surface area contributed by atoms with Crippen molar-refractivity contribution in [3.05, 3.63) is 93.7 Å². The van der Waals surface area contributed by atoms with Crippen LogP contribution in [0.3, 0.4) is 0 Å². The van der Waals surface area contributed by atoms with Crippen molar-refractivity contribution in [2.45, 2.75) is 44.8 Å². The van der Waals surface area contributed by atoms with Gasteiger partial charge in [0.1, 0.15) is 18.5 Å². The average Bonchev–Trinajstić information content (AvgIpc) is 2.92. The lowest BCUT2D eigenvalue weighted by atomic mass is 9.98. The number of benzene rings is 3. The molecule has 198 valence electrons. The van der Waals surface area contributed by atoms with Gasteiger partial charge in [0, 0.05) is 17.3 Å². The number of carbonyl (C=O) groups is 2. The summed E-state index contributed by atoms with van der Waals surface area (Å²) in [4.78, 5) is 24.8. The number of methoxy groups -OCH3 is 1. The van der Waals surface area contributed by atoms with Gasteiger partial charge in [-0.1, -0.05) is 24.6 Å². The monoisotopic (exact) mass is 581 g/mol. The topological polar surface area (TPSA) is 73.9 Å². The summed E-state index contributed by atoms with van der Waals surface area (Å²) in [7, 11) is 1.51. The van der Waals surface area contributed by atoms with E-state index in [4.69, 9.17) is 14.2 Å². The third kappa shape index (κ3) is 7.44.